The van der Waals surface area contributed by atoms with E-state index in [2.05, 4.69) is 5.32 Å². The summed E-state index contributed by atoms with van der Waals surface area (Å²) in [6.07, 6.45) is -0.181. The van der Waals surface area contributed by atoms with Crippen LogP contribution in [0.5, 0.6) is 5.75 Å². The lowest BCUT2D eigenvalue weighted by Gasteiger charge is -2.24. The highest BCUT2D eigenvalue weighted by molar-refractivity contribution is 14.1. The number of aliphatic carboxylic acids is 1. The van der Waals surface area contributed by atoms with Gasteiger partial charge in [0.1, 0.15) is 5.75 Å². The lowest BCUT2D eigenvalue weighted by atomic mass is 10.00. The number of benzene rings is 1. The van der Waals surface area contributed by atoms with Crippen molar-refractivity contribution >= 4 is 46.1 Å². The molecule has 7 heteroatoms. The Bertz CT molecular complexity index is 545. The third kappa shape index (κ3) is 4.52. The highest BCUT2D eigenvalue weighted by Crippen LogP contribution is 2.28. The van der Waals surface area contributed by atoms with Gasteiger partial charge in [0.15, 0.2) is 0 Å². The first-order valence-electron chi connectivity index (χ1n) is 5.73. The van der Waals surface area contributed by atoms with Gasteiger partial charge < -0.3 is 15.2 Å². The second-order valence-electron chi connectivity index (χ2n) is 4.88. The van der Waals surface area contributed by atoms with Crippen molar-refractivity contribution in [2.75, 3.05) is 7.11 Å². The molecule has 1 aromatic rings. The van der Waals surface area contributed by atoms with Crippen molar-refractivity contribution in [2.45, 2.75) is 25.8 Å². The maximum absolute atomic E-state index is 12.2. The third-order valence-electron chi connectivity index (χ3n) is 2.53. The van der Waals surface area contributed by atoms with E-state index in [-0.39, 0.29) is 12.0 Å². The van der Waals surface area contributed by atoms with Gasteiger partial charge in [-0.15, -0.1) is 0 Å². The zero-order valence-electron chi connectivity index (χ0n) is 11.3. The third-order valence-corrected chi connectivity index (χ3v) is 4.06. The normalized spacial score (nSPS) is 11.1. The molecule has 0 fully saturated rings. The molecule has 0 aliphatic carbocycles. The molecule has 0 aromatic heterocycles. The van der Waals surface area contributed by atoms with Gasteiger partial charge in [0, 0.05) is 9.11 Å². The van der Waals surface area contributed by atoms with E-state index < -0.39 is 17.4 Å². The molecule has 1 amide bonds. The first-order valence-corrected chi connectivity index (χ1v) is 7.19. The molecule has 2 N–H and O–H groups in total. The van der Waals surface area contributed by atoms with Crippen molar-refractivity contribution < 1.29 is 19.4 Å². The number of ether oxygens (including phenoxy) is 1. The number of carboxylic acid groups (broad SMARTS) is 1. The fourth-order valence-electron chi connectivity index (χ4n) is 1.67. The summed E-state index contributed by atoms with van der Waals surface area (Å²) in [7, 11) is 1.46. The average molecular weight is 412 g/mol. The number of methoxy groups -OCH3 is 1. The van der Waals surface area contributed by atoms with Crippen molar-refractivity contribution in [1.29, 1.82) is 0 Å². The van der Waals surface area contributed by atoms with Crippen LogP contribution in [0, 0.1) is 3.57 Å². The minimum absolute atomic E-state index is 0.181. The maximum Gasteiger partial charge on any atom is 0.305 e. The van der Waals surface area contributed by atoms with Crippen molar-refractivity contribution in [3.8, 4) is 5.75 Å². The molecular weight excluding hydrogens is 397 g/mol. The van der Waals surface area contributed by atoms with Crippen LogP contribution in [0.1, 0.15) is 30.6 Å². The molecule has 20 heavy (non-hydrogen) atoms. The van der Waals surface area contributed by atoms with E-state index >= 15 is 0 Å². The van der Waals surface area contributed by atoms with Crippen LogP contribution in [0.3, 0.4) is 0 Å². The number of hydrogen-bond acceptors (Lipinski definition) is 3. The highest BCUT2D eigenvalue weighted by atomic mass is 127. The molecule has 1 aromatic carbocycles. The van der Waals surface area contributed by atoms with E-state index in [0.29, 0.717) is 10.8 Å². The molecule has 0 radical (unpaired) electrons. The van der Waals surface area contributed by atoms with Crippen LogP contribution in [0.4, 0.5) is 0 Å². The maximum atomic E-state index is 12.2. The molecule has 5 nitrogen and oxygen atoms in total. The second kappa shape index (κ2) is 6.62. The molecule has 0 aliphatic rings. The molecule has 0 unspecified atom stereocenters. The first-order chi connectivity index (χ1) is 9.16. The number of carbonyl (C=O) groups is 2. The number of nitrogens with one attached hydrogen (secondary N) is 1. The molecule has 0 saturated heterocycles. The summed E-state index contributed by atoms with van der Waals surface area (Å²) in [5, 5.41) is 11.9. The molecule has 0 aliphatic heterocycles. The molecule has 0 saturated carbocycles. The van der Waals surface area contributed by atoms with Crippen LogP contribution in [0.2, 0.25) is 5.02 Å². The SMILES string of the molecule is COc1cc(I)c(Cl)cc1C(=O)NC(C)(C)CC(=O)O. The number of amides is 1. The van der Waals surface area contributed by atoms with Gasteiger partial charge in [-0.3, -0.25) is 9.59 Å². The van der Waals surface area contributed by atoms with Crippen LogP contribution in [0.15, 0.2) is 12.1 Å². The van der Waals surface area contributed by atoms with E-state index in [4.69, 9.17) is 21.4 Å². The summed E-state index contributed by atoms with van der Waals surface area (Å²) in [5.74, 6) is -1.02. The Balaban J connectivity index is 3.03. The van der Waals surface area contributed by atoms with E-state index in [1.807, 2.05) is 22.6 Å². The molecule has 0 heterocycles. The quantitative estimate of drug-likeness (QED) is 0.731. The van der Waals surface area contributed by atoms with E-state index in [0.717, 1.165) is 3.57 Å². The predicted molar refractivity (Wildman–Crippen MR) is 84.5 cm³/mol. The summed E-state index contributed by atoms with van der Waals surface area (Å²) < 4.78 is 5.92. The van der Waals surface area contributed by atoms with E-state index in [1.165, 1.54) is 13.2 Å². The van der Waals surface area contributed by atoms with Crippen LogP contribution in [-0.2, 0) is 4.79 Å². The lowest BCUT2D eigenvalue weighted by molar-refractivity contribution is -0.138. The van der Waals surface area contributed by atoms with E-state index in [1.54, 1.807) is 19.9 Å². The van der Waals surface area contributed by atoms with E-state index in [9.17, 15) is 9.59 Å². The summed E-state index contributed by atoms with van der Waals surface area (Å²) >= 11 is 8.04. The molecule has 0 spiro atoms. The zero-order valence-corrected chi connectivity index (χ0v) is 14.2. The lowest BCUT2D eigenvalue weighted by Crippen LogP contribution is -2.45. The molecule has 110 valence electrons. The molecule has 0 bridgehead atoms. The Morgan fingerprint density at radius 1 is 1.45 bits per heavy atom. The number of rotatable bonds is 5. The number of carbonyl (C=O) groups excluding carboxylic acids is 1. The topological polar surface area (TPSA) is 75.6 Å². The van der Waals surface area contributed by atoms with Crippen LogP contribution >= 0.6 is 34.2 Å². The van der Waals surface area contributed by atoms with Gasteiger partial charge in [0.25, 0.3) is 5.91 Å². The average Bonchev–Trinajstić information content (AvgIpc) is 2.29. The second-order valence-corrected chi connectivity index (χ2v) is 6.44. The Morgan fingerprint density at radius 3 is 2.55 bits per heavy atom. The standard InChI is InChI=1S/C13H15ClINO4/c1-13(2,6-11(17)18)16-12(19)7-4-8(14)9(15)5-10(7)20-3/h4-5H,6H2,1-3H3,(H,16,19)(H,17,18). The monoisotopic (exact) mass is 411 g/mol. The van der Waals surface area contributed by atoms with Gasteiger partial charge in [-0.05, 0) is 48.6 Å². The molecular formula is C13H15ClINO4. The summed E-state index contributed by atoms with van der Waals surface area (Å²) in [6.45, 7) is 3.28. The number of halogens is 2. The fraction of sp³-hybridized carbons (Fsp3) is 0.385. The van der Waals surface area contributed by atoms with Crippen LogP contribution in [0.25, 0.3) is 0 Å². The van der Waals surface area contributed by atoms with Crippen LogP contribution < -0.4 is 10.1 Å². The molecule has 0 atom stereocenters. The van der Waals surface area contributed by atoms with Gasteiger partial charge >= 0.3 is 5.97 Å². The minimum atomic E-state index is -0.983. The Kier molecular flexibility index (Phi) is 5.64. The summed E-state index contributed by atoms with van der Waals surface area (Å²) in [4.78, 5) is 23.0. The van der Waals surface area contributed by atoms with Crippen molar-refractivity contribution in [3.63, 3.8) is 0 Å². The Hall–Kier alpha value is -1.02. The van der Waals surface area contributed by atoms with Gasteiger partial charge in [-0.1, -0.05) is 11.6 Å². The van der Waals surface area contributed by atoms with Crippen molar-refractivity contribution in [1.82, 2.24) is 5.32 Å². The fourth-order valence-corrected chi connectivity index (χ4v) is 2.27. The van der Waals surface area contributed by atoms with Gasteiger partial charge in [-0.25, -0.2) is 0 Å². The highest BCUT2D eigenvalue weighted by Gasteiger charge is 2.26. The van der Waals surface area contributed by atoms with Crippen molar-refractivity contribution in [2.24, 2.45) is 0 Å². The minimum Gasteiger partial charge on any atom is -0.496 e. The van der Waals surface area contributed by atoms with Gasteiger partial charge in [0.2, 0.25) is 0 Å². The van der Waals surface area contributed by atoms with Gasteiger partial charge in [0.05, 0.1) is 24.1 Å². The molecule has 1 rings (SSSR count). The van der Waals surface area contributed by atoms with Crippen molar-refractivity contribution in [3.05, 3.63) is 26.3 Å². The first kappa shape index (κ1) is 17.0. The Labute approximate surface area is 135 Å². The predicted octanol–water partition coefficient (Wildman–Crippen LogP) is 2.94. The Morgan fingerprint density at radius 2 is 2.05 bits per heavy atom. The smallest absolute Gasteiger partial charge is 0.305 e. The number of hydrogen-bond donors (Lipinski definition) is 2. The number of carboxylic acids is 1. The summed E-state index contributed by atoms with van der Waals surface area (Å²) in [6, 6.07) is 3.16. The van der Waals surface area contributed by atoms with Crippen LogP contribution in [-0.4, -0.2) is 29.6 Å². The zero-order chi connectivity index (χ0) is 15.5. The largest absolute Gasteiger partial charge is 0.496 e. The van der Waals surface area contributed by atoms with Gasteiger partial charge in [-0.2, -0.15) is 0 Å². The summed E-state index contributed by atoms with van der Waals surface area (Å²) in [5.41, 5.74) is -0.597.